The molecule has 0 saturated carbocycles. The van der Waals surface area contributed by atoms with Crippen LogP contribution in [0.3, 0.4) is 0 Å². The van der Waals surface area contributed by atoms with Gasteiger partial charge >= 0.3 is 6.18 Å². The third kappa shape index (κ3) is 5.70. The van der Waals surface area contributed by atoms with Crippen LogP contribution in [0.15, 0.2) is 48.5 Å². The van der Waals surface area contributed by atoms with Crippen LogP contribution < -0.4 is 10.1 Å². The van der Waals surface area contributed by atoms with E-state index < -0.39 is 35.2 Å². The summed E-state index contributed by atoms with van der Waals surface area (Å²) >= 11 is 0. The molecule has 0 aromatic heterocycles. The molecule has 0 aliphatic carbocycles. The number of rotatable bonds is 5. The summed E-state index contributed by atoms with van der Waals surface area (Å²) in [7, 11) is 0. The SMILES string of the molecule is C[C@]1(O)CCN(CC(=O)Nc2cccc(C(F)(F)F)c2)C[C@@H]1Oc1cccc(F)c1. The van der Waals surface area contributed by atoms with Crippen molar-refractivity contribution in [1.82, 2.24) is 4.90 Å². The first-order chi connectivity index (χ1) is 14.0. The summed E-state index contributed by atoms with van der Waals surface area (Å²) in [6.07, 6.45) is -4.90. The molecule has 2 atom stereocenters. The maximum atomic E-state index is 13.4. The lowest BCUT2D eigenvalue weighted by Crippen LogP contribution is -2.57. The quantitative estimate of drug-likeness (QED) is 0.716. The van der Waals surface area contributed by atoms with Gasteiger partial charge in [-0.25, -0.2) is 4.39 Å². The number of benzene rings is 2. The van der Waals surface area contributed by atoms with Gasteiger partial charge in [-0.2, -0.15) is 13.2 Å². The molecule has 1 aliphatic rings. The van der Waals surface area contributed by atoms with Crippen LogP contribution in [0.5, 0.6) is 5.75 Å². The molecule has 2 aromatic carbocycles. The first kappa shape index (κ1) is 22.0. The van der Waals surface area contributed by atoms with Crippen LogP contribution in [0, 0.1) is 5.82 Å². The number of ether oxygens (including phenoxy) is 1. The zero-order valence-electron chi connectivity index (χ0n) is 16.2. The predicted molar refractivity (Wildman–Crippen MR) is 103 cm³/mol. The number of halogens is 4. The van der Waals surface area contributed by atoms with Crippen LogP contribution in [-0.4, -0.2) is 47.3 Å². The molecule has 1 aliphatic heterocycles. The highest BCUT2D eigenvalue weighted by molar-refractivity contribution is 5.92. The molecule has 0 spiro atoms. The van der Waals surface area contributed by atoms with E-state index in [1.807, 2.05) is 0 Å². The summed E-state index contributed by atoms with van der Waals surface area (Å²) in [5.74, 6) is -0.698. The fraction of sp³-hybridized carbons (Fsp3) is 0.381. The van der Waals surface area contributed by atoms with Crippen molar-refractivity contribution in [1.29, 1.82) is 0 Å². The van der Waals surface area contributed by atoms with Gasteiger partial charge < -0.3 is 15.2 Å². The Bertz CT molecular complexity index is 902. The van der Waals surface area contributed by atoms with E-state index in [0.29, 0.717) is 13.0 Å². The number of anilines is 1. The molecule has 0 radical (unpaired) electrons. The van der Waals surface area contributed by atoms with Crippen molar-refractivity contribution in [3.05, 3.63) is 59.9 Å². The molecule has 3 rings (SSSR count). The first-order valence-corrected chi connectivity index (χ1v) is 9.37. The van der Waals surface area contributed by atoms with Gasteiger partial charge in [0.25, 0.3) is 0 Å². The average molecular weight is 426 g/mol. The number of piperidine rings is 1. The number of nitrogens with zero attached hydrogens (tertiary/aromatic N) is 1. The molecule has 0 unspecified atom stereocenters. The molecular formula is C21H22F4N2O3. The smallest absolute Gasteiger partial charge is 0.416 e. The lowest BCUT2D eigenvalue weighted by atomic mass is 9.90. The minimum Gasteiger partial charge on any atom is -0.486 e. The fourth-order valence-corrected chi connectivity index (χ4v) is 3.26. The average Bonchev–Trinajstić information content (AvgIpc) is 2.64. The zero-order chi connectivity index (χ0) is 21.9. The second kappa shape index (κ2) is 8.61. The Balaban J connectivity index is 1.62. The van der Waals surface area contributed by atoms with E-state index in [2.05, 4.69) is 5.32 Å². The van der Waals surface area contributed by atoms with Crippen molar-refractivity contribution < 1.29 is 32.2 Å². The Kier molecular flexibility index (Phi) is 6.33. The number of amides is 1. The molecule has 30 heavy (non-hydrogen) atoms. The largest absolute Gasteiger partial charge is 0.486 e. The summed E-state index contributed by atoms with van der Waals surface area (Å²) in [5, 5.41) is 13.1. The summed E-state index contributed by atoms with van der Waals surface area (Å²) < 4.78 is 57.6. The highest BCUT2D eigenvalue weighted by Gasteiger charge is 2.40. The van der Waals surface area contributed by atoms with Gasteiger partial charge in [0.05, 0.1) is 12.1 Å². The number of carbonyl (C=O) groups excluding carboxylic acids is 1. The molecule has 5 nitrogen and oxygen atoms in total. The molecular weight excluding hydrogens is 404 g/mol. The van der Waals surface area contributed by atoms with Gasteiger partial charge in [0.15, 0.2) is 0 Å². The van der Waals surface area contributed by atoms with E-state index in [4.69, 9.17) is 4.74 Å². The van der Waals surface area contributed by atoms with Crippen LogP contribution in [0.2, 0.25) is 0 Å². The standard InChI is InChI=1S/C21H22F4N2O3/c1-20(29)8-9-27(12-18(20)30-17-7-3-5-15(22)11-17)13-19(28)26-16-6-2-4-14(10-16)21(23,24)25/h2-7,10-11,18,29H,8-9,12-13H2,1H3,(H,26,28)/t18-,20-/m0/s1. The van der Waals surface area contributed by atoms with Crippen molar-refractivity contribution in [3.8, 4) is 5.75 Å². The lowest BCUT2D eigenvalue weighted by molar-refractivity contribution is -0.137. The third-order valence-corrected chi connectivity index (χ3v) is 4.97. The predicted octanol–water partition coefficient (Wildman–Crippen LogP) is 3.69. The Morgan fingerprint density at radius 1 is 1.27 bits per heavy atom. The number of nitrogens with one attached hydrogen (secondary N) is 1. The molecule has 1 heterocycles. The van der Waals surface area contributed by atoms with Crippen LogP contribution in [0.25, 0.3) is 0 Å². The van der Waals surface area contributed by atoms with Gasteiger partial charge in [0, 0.05) is 24.8 Å². The minimum absolute atomic E-state index is 0.0476. The van der Waals surface area contributed by atoms with Crippen molar-refractivity contribution in [2.24, 2.45) is 0 Å². The van der Waals surface area contributed by atoms with Gasteiger partial charge in [0.2, 0.25) is 5.91 Å². The second-order valence-electron chi connectivity index (χ2n) is 7.53. The number of alkyl halides is 3. The number of aliphatic hydroxyl groups is 1. The normalized spacial score (nSPS) is 22.5. The van der Waals surface area contributed by atoms with Crippen LogP contribution in [-0.2, 0) is 11.0 Å². The minimum atomic E-state index is -4.50. The molecule has 2 N–H and O–H groups in total. The van der Waals surface area contributed by atoms with Gasteiger partial charge in [-0.1, -0.05) is 12.1 Å². The van der Waals surface area contributed by atoms with E-state index in [9.17, 15) is 27.5 Å². The summed E-state index contributed by atoms with van der Waals surface area (Å²) in [6.45, 7) is 2.11. The van der Waals surface area contributed by atoms with Crippen molar-refractivity contribution in [2.75, 3.05) is 25.0 Å². The molecule has 1 saturated heterocycles. The van der Waals surface area contributed by atoms with Gasteiger partial charge in [-0.15, -0.1) is 0 Å². The molecule has 9 heteroatoms. The number of hydrogen-bond acceptors (Lipinski definition) is 4. The summed E-state index contributed by atoms with van der Waals surface area (Å²) in [6, 6.07) is 9.93. The molecule has 162 valence electrons. The van der Waals surface area contributed by atoms with E-state index in [1.54, 1.807) is 17.9 Å². The molecule has 1 amide bonds. The number of carbonyl (C=O) groups is 1. The summed E-state index contributed by atoms with van der Waals surface area (Å²) in [4.78, 5) is 14.1. The monoisotopic (exact) mass is 426 g/mol. The summed E-state index contributed by atoms with van der Waals surface area (Å²) in [5.41, 5.74) is -1.98. The van der Waals surface area contributed by atoms with Crippen molar-refractivity contribution >= 4 is 11.6 Å². The highest BCUT2D eigenvalue weighted by Crippen LogP contribution is 2.31. The van der Waals surface area contributed by atoms with Gasteiger partial charge in [-0.05, 0) is 43.7 Å². The molecule has 0 bridgehead atoms. The van der Waals surface area contributed by atoms with Crippen molar-refractivity contribution in [3.63, 3.8) is 0 Å². The van der Waals surface area contributed by atoms with Gasteiger partial charge in [-0.3, -0.25) is 9.69 Å². The lowest BCUT2D eigenvalue weighted by Gasteiger charge is -2.42. The maximum absolute atomic E-state index is 13.4. The van der Waals surface area contributed by atoms with Crippen molar-refractivity contribution in [2.45, 2.75) is 31.2 Å². The van der Waals surface area contributed by atoms with Gasteiger partial charge in [0.1, 0.15) is 23.3 Å². The topological polar surface area (TPSA) is 61.8 Å². The highest BCUT2D eigenvalue weighted by atomic mass is 19.4. The van der Waals surface area contributed by atoms with E-state index in [1.165, 1.54) is 30.3 Å². The maximum Gasteiger partial charge on any atom is 0.416 e. The second-order valence-corrected chi connectivity index (χ2v) is 7.53. The van der Waals surface area contributed by atoms with Crippen LogP contribution >= 0.6 is 0 Å². The van der Waals surface area contributed by atoms with Crippen LogP contribution in [0.4, 0.5) is 23.2 Å². The Hall–Kier alpha value is -2.65. The molecule has 2 aromatic rings. The van der Waals surface area contributed by atoms with Crippen LogP contribution in [0.1, 0.15) is 18.9 Å². The number of likely N-dealkylation sites (tertiary alicyclic amines) is 1. The Morgan fingerprint density at radius 2 is 2.00 bits per heavy atom. The number of hydrogen-bond donors (Lipinski definition) is 2. The van der Waals surface area contributed by atoms with E-state index in [-0.39, 0.29) is 24.5 Å². The zero-order valence-corrected chi connectivity index (χ0v) is 16.2. The molecule has 1 fully saturated rings. The first-order valence-electron chi connectivity index (χ1n) is 9.37. The van der Waals surface area contributed by atoms with E-state index in [0.717, 1.165) is 12.1 Å². The fourth-order valence-electron chi connectivity index (χ4n) is 3.26. The third-order valence-electron chi connectivity index (χ3n) is 4.97. The van der Waals surface area contributed by atoms with E-state index >= 15 is 0 Å². The Labute approximate surface area is 171 Å². The Morgan fingerprint density at radius 3 is 2.70 bits per heavy atom.